The molecule has 1 N–H and O–H groups in total. The third-order valence-corrected chi connectivity index (χ3v) is 4.83. The Bertz CT molecular complexity index is 1240. The predicted molar refractivity (Wildman–Crippen MR) is 103 cm³/mol. The maximum Gasteiger partial charge on any atom is 0.420 e. The lowest BCUT2D eigenvalue weighted by Gasteiger charge is -2.15. The zero-order chi connectivity index (χ0) is 20.0. The summed E-state index contributed by atoms with van der Waals surface area (Å²) in [6, 6.07) is 7.39. The van der Waals surface area contributed by atoms with Crippen LogP contribution < -0.4 is 5.76 Å². The Morgan fingerprint density at radius 2 is 2.11 bits per heavy atom. The Kier molecular flexibility index (Phi) is 4.60. The molecule has 2 aromatic heterocycles. The van der Waals surface area contributed by atoms with Gasteiger partial charge in [0.2, 0.25) is 5.91 Å². The first-order valence-electron chi connectivity index (χ1n) is 8.18. The summed E-state index contributed by atoms with van der Waals surface area (Å²) in [6.07, 6.45) is 0. The Balaban J connectivity index is 1.55. The van der Waals surface area contributed by atoms with Crippen molar-refractivity contribution in [3.63, 3.8) is 0 Å². The number of fused-ring (bicyclic) bond motifs is 2. The van der Waals surface area contributed by atoms with Crippen LogP contribution >= 0.6 is 23.2 Å². The lowest BCUT2D eigenvalue weighted by molar-refractivity contribution is -0.131. The lowest BCUT2D eigenvalue weighted by Crippen LogP contribution is -2.32. The molecule has 0 saturated heterocycles. The quantitative estimate of drug-likeness (QED) is 0.544. The number of hydrogen-bond donors (Lipinski definition) is 1. The van der Waals surface area contributed by atoms with E-state index in [1.54, 1.807) is 25.2 Å². The first-order chi connectivity index (χ1) is 13.3. The van der Waals surface area contributed by atoms with Gasteiger partial charge in [-0.25, -0.2) is 14.2 Å². The van der Waals surface area contributed by atoms with Gasteiger partial charge in [0.15, 0.2) is 5.58 Å². The first kappa shape index (κ1) is 18.5. The van der Waals surface area contributed by atoms with Crippen LogP contribution in [0.4, 0.5) is 4.39 Å². The number of likely N-dealkylation sites (N-methyl/N-ethyl adjacent to an activating group) is 1. The minimum atomic E-state index is -0.645. The second-order valence-corrected chi connectivity index (χ2v) is 7.13. The average Bonchev–Trinajstić information content (AvgIpc) is 3.15. The molecule has 28 heavy (non-hydrogen) atoms. The van der Waals surface area contributed by atoms with Crippen molar-refractivity contribution in [2.45, 2.75) is 13.1 Å². The molecule has 0 atom stereocenters. The van der Waals surface area contributed by atoms with Crippen LogP contribution in [0.25, 0.3) is 22.1 Å². The summed E-state index contributed by atoms with van der Waals surface area (Å²) in [7, 11) is 1.57. The second-order valence-electron chi connectivity index (χ2n) is 6.28. The molecule has 10 heteroatoms. The smallest absolute Gasteiger partial charge is 0.408 e. The highest BCUT2D eigenvalue weighted by Gasteiger charge is 2.17. The van der Waals surface area contributed by atoms with Crippen molar-refractivity contribution in [3.05, 3.63) is 62.6 Å². The van der Waals surface area contributed by atoms with Crippen molar-refractivity contribution in [3.8, 4) is 0 Å². The molecule has 0 bridgehead atoms. The number of benzene rings is 2. The Morgan fingerprint density at radius 1 is 1.32 bits per heavy atom. The molecule has 144 valence electrons. The molecular formula is C18H13Cl2FN4O3. The summed E-state index contributed by atoms with van der Waals surface area (Å²) in [5, 5.41) is 0.399. The van der Waals surface area contributed by atoms with E-state index in [1.165, 1.54) is 21.6 Å². The number of amides is 1. The Morgan fingerprint density at radius 3 is 2.89 bits per heavy atom. The molecule has 0 spiro atoms. The van der Waals surface area contributed by atoms with E-state index in [9.17, 15) is 14.0 Å². The van der Waals surface area contributed by atoms with Crippen LogP contribution in [0.2, 0.25) is 10.0 Å². The van der Waals surface area contributed by atoms with E-state index in [0.29, 0.717) is 33.0 Å². The number of oxazole rings is 1. The summed E-state index contributed by atoms with van der Waals surface area (Å²) in [4.78, 5) is 33.3. The first-order valence-corrected chi connectivity index (χ1v) is 8.94. The zero-order valence-corrected chi connectivity index (χ0v) is 16.0. The number of rotatable bonds is 4. The molecule has 0 unspecified atom stereocenters. The van der Waals surface area contributed by atoms with Crippen LogP contribution in [0.1, 0.15) is 5.82 Å². The zero-order valence-electron chi connectivity index (χ0n) is 14.5. The van der Waals surface area contributed by atoms with Gasteiger partial charge >= 0.3 is 5.76 Å². The number of imidazole rings is 1. The van der Waals surface area contributed by atoms with Crippen LogP contribution in [0, 0.1) is 5.82 Å². The number of hydrogen-bond acceptors (Lipinski definition) is 4. The number of nitrogens with one attached hydrogen (secondary N) is 1. The highest BCUT2D eigenvalue weighted by Crippen LogP contribution is 2.22. The maximum absolute atomic E-state index is 13.6. The van der Waals surface area contributed by atoms with Crippen molar-refractivity contribution in [1.82, 2.24) is 19.4 Å². The Labute approximate surface area is 167 Å². The van der Waals surface area contributed by atoms with Crippen LogP contribution in [-0.4, -0.2) is 32.4 Å². The number of aromatic nitrogens is 3. The van der Waals surface area contributed by atoms with Gasteiger partial charge in [-0.15, -0.1) is 0 Å². The number of carbonyl (C=O) groups is 1. The molecule has 7 nitrogen and oxygen atoms in total. The van der Waals surface area contributed by atoms with Gasteiger partial charge < -0.3 is 14.3 Å². The maximum atomic E-state index is 13.6. The molecule has 0 radical (unpaired) electrons. The van der Waals surface area contributed by atoms with Crippen molar-refractivity contribution in [1.29, 1.82) is 0 Å². The molecule has 0 aliphatic rings. The molecule has 4 aromatic rings. The molecule has 0 aliphatic carbocycles. The number of nitrogens with zero attached hydrogens (tertiary/aromatic N) is 3. The van der Waals surface area contributed by atoms with Crippen LogP contribution in [0.15, 0.2) is 39.5 Å². The molecule has 2 aromatic carbocycles. The molecule has 0 fully saturated rings. The summed E-state index contributed by atoms with van der Waals surface area (Å²) in [5.41, 5.74) is 1.76. The fourth-order valence-electron chi connectivity index (χ4n) is 2.89. The highest BCUT2D eigenvalue weighted by atomic mass is 35.5. The van der Waals surface area contributed by atoms with E-state index in [2.05, 4.69) is 9.97 Å². The van der Waals surface area contributed by atoms with Gasteiger partial charge in [0.1, 0.15) is 18.2 Å². The molecule has 1 amide bonds. The standard InChI is InChI=1S/C18H13Cl2FN4O3/c1-24(7-16-22-12-5-10(20)11(21)6-13(12)23-16)17(26)8-25-14-4-9(19)2-3-15(14)28-18(25)27/h2-6H,7-8H2,1H3,(H,22,23). The van der Waals surface area contributed by atoms with E-state index in [1.807, 2.05) is 0 Å². The van der Waals surface area contributed by atoms with Crippen LogP contribution in [-0.2, 0) is 17.9 Å². The fraction of sp³-hybridized carbons (Fsp3) is 0.167. The fourth-order valence-corrected chi connectivity index (χ4v) is 3.21. The van der Waals surface area contributed by atoms with Crippen molar-refractivity contribution < 1.29 is 13.6 Å². The number of aromatic amines is 1. The predicted octanol–water partition coefficient (Wildman–Crippen LogP) is 3.58. The monoisotopic (exact) mass is 422 g/mol. The molecular weight excluding hydrogens is 410 g/mol. The molecule has 0 saturated carbocycles. The van der Waals surface area contributed by atoms with Gasteiger partial charge in [-0.2, -0.15) is 0 Å². The average molecular weight is 423 g/mol. The van der Waals surface area contributed by atoms with Gasteiger partial charge in [0, 0.05) is 18.1 Å². The van der Waals surface area contributed by atoms with E-state index in [0.717, 1.165) is 0 Å². The third kappa shape index (κ3) is 3.36. The van der Waals surface area contributed by atoms with Gasteiger partial charge in [-0.05, 0) is 24.3 Å². The Hall–Kier alpha value is -2.84. The summed E-state index contributed by atoms with van der Waals surface area (Å²) < 4.78 is 19.9. The highest BCUT2D eigenvalue weighted by molar-refractivity contribution is 6.31. The lowest BCUT2D eigenvalue weighted by atomic mass is 10.3. The number of H-pyrrole nitrogens is 1. The van der Waals surface area contributed by atoms with Crippen molar-refractivity contribution >= 4 is 51.2 Å². The summed E-state index contributed by atoms with van der Waals surface area (Å²) in [5.74, 6) is -1.08. The molecule has 0 aliphatic heterocycles. The third-order valence-electron chi connectivity index (χ3n) is 4.31. The SMILES string of the molecule is CN(Cc1nc2cc(Cl)c(F)cc2[nH]1)C(=O)Cn1c(=O)oc2ccc(Cl)cc21. The summed E-state index contributed by atoms with van der Waals surface area (Å²) in [6.45, 7) is -0.0819. The minimum absolute atomic E-state index is 0.0279. The molecule has 4 rings (SSSR count). The summed E-state index contributed by atoms with van der Waals surface area (Å²) >= 11 is 11.7. The second kappa shape index (κ2) is 6.96. The topological polar surface area (TPSA) is 84.1 Å². The normalized spacial score (nSPS) is 11.4. The van der Waals surface area contributed by atoms with E-state index < -0.39 is 11.6 Å². The van der Waals surface area contributed by atoms with Crippen LogP contribution in [0.3, 0.4) is 0 Å². The van der Waals surface area contributed by atoms with Gasteiger partial charge in [-0.1, -0.05) is 23.2 Å². The van der Waals surface area contributed by atoms with E-state index >= 15 is 0 Å². The minimum Gasteiger partial charge on any atom is -0.408 e. The van der Waals surface area contributed by atoms with Gasteiger partial charge in [-0.3, -0.25) is 9.36 Å². The molecule has 2 heterocycles. The van der Waals surface area contributed by atoms with Crippen molar-refractivity contribution in [2.75, 3.05) is 7.05 Å². The largest absolute Gasteiger partial charge is 0.420 e. The van der Waals surface area contributed by atoms with Gasteiger partial charge in [0.05, 0.1) is 28.1 Å². The van der Waals surface area contributed by atoms with Crippen molar-refractivity contribution in [2.24, 2.45) is 0 Å². The number of halogens is 3. The van der Waals surface area contributed by atoms with Crippen LogP contribution in [0.5, 0.6) is 0 Å². The van der Waals surface area contributed by atoms with E-state index in [4.69, 9.17) is 27.6 Å². The van der Waals surface area contributed by atoms with E-state index in [-0.39, 0.29) is 24.0 Å². The van der Waals surface area contributed by atoms with Gasteiger partial charge in [0.25, 0.3) is 0 Å². The number of carbonyl (C=O) groups excluding carboxylic acids is 1.